The zero-order valence-electron chi connectivity index (χ0n) is 13.4. The van der Waals surface area contributed by atoms with E-state index in [-0.39, 0.29) is 11.1 Å². The van der Waals surface area contributed by atoms with Crippen molar-refractivity contribution in [2.75, 3.05) is 26.2 Å². The van der Waals surface area contributed by atoms with Crippen LogP contribution in [0.3, 0.4) is 0 Å². The third kappa shape index (κ3) is 5.05. The maximum absolute atomic E-state index is 3.76. The first-order chi connectivity index (χ1) is 8.86. The fourth-order valence-corrected chi connectivity index (χ4v) is 4.06. The lowest BCUT2D eigenvalue weighted by Crippen LogP contribution is -2.67. The number of piperazine rings is 1. The average Bonchev–Trinajstić information content (AvgIpc) is 2.26. The molecule has 0 aromatic carbocycles. The molecule has 1 heterocycles. The lowest BCUT2D eigenvalue weighted by molar-refractivity contribution is 0.0781. The van der Waals surface area contributed by atoms with Gasteiger partial charge < -0.3 is 10.6 Å². The molecule has 3 heteroatoms. The summed E-state index contributed by atoms with van der Waals surface area (Å²) < 4.78 is 0. The van der Waals surface area contributed by atoms with E-state index in [1.54, 1.807) is 0 Å². The Morgan fingerprint density at radius 3 is 2.16 bits per heavy atom. The van der Waals surface area contributed by atoms with Crippen LogP contribution in [0.15, 0.2) is 0 Å². The minimum absolute atomic E-state index is 0.229. The van der Waals surface area contributed by atoms with E-state index in [2.05, 4.69) is 43.2 Å². The van der Waals surface area contributed by atoms with Crippen molar-refractivity contribution in [3.63, 3.8) is 0 Å². The van der Waals surface area contributed by atoms with Gasteiger partial charge in [0.2, 0.25) is 0 Å². The first-order valence-electron chi connectivity index (χ1n) is 8.11. The molecule has 2 aliphatic rings. The van der Waals surface area contributed by atoms with E-state index >= 15 is 0 Å². The van der Waals surface area contributed by atoms with Crippen molar-refractivity contribution in [1.82, 2.24) is 15.5 Å². The minimum Gasteiger partial charge on any atom is -0.313 e. The molecule has 1 saturated heterocycles. The molecule has 0 aromatic rings. The van der Waals surface area contributed by atoms with Crippen molar-refractivity contribution in [3.05, 3.63) is 0 Å². The van der Waals surface area contributed by atoms with Crippen LogP contribution in [0.5, 0.6) is 0 Å². The van der Waals surface area contributed by atoms with E-state index in [0.29, 0.717) is 0 Å². The van der Waals surface area contributed by atoms with E-state index in [1.807, 2.05) is 0 Å². The highest BCUT2D eigenvalue weighted by atomic mass is 15.3. The highest BCUT2D eigenvalue weighted by Gasteiger charge is 2.35. The summed E-state index contributed by atoms with van der Waals surface area (Å²) in [5, 5.41) is 7.50. The molecular formula is C16H33N3. The van der Waals surface area contributed by atoms with Gasteiger partial charge in [-0.2, -0.15) is 0 Å². The first-order valence-corrected chi connectivity index (χ1v) is 8.11. The third-order valence-electron chi connectivity index (χ3n) is 4.38. The normalized spacial score (nSPS) is 28.4. The maximum atomic E-state index is 3.76. The fourth-order valence-electron chi connectivity index (χ4n) is 4.06. The van der Waals surface area contributed by atoms with E-state index in [4.69, 9.17) is 0 Å². The van der Waals surface area contributed by atoms with E-state index < -0.39 is 0 Å². The molecule has 0 amide bonds. The minimum atomic E-state index is 0.229. The highest BCUT2D eigenvalue weighted by Crippen LogP contribution is 2.21. The van der Waals surface area contributed by atoms with Gasteiger partial charge in [-0.1, -0.05) is 19.3 Å². The Kier molecular flexibility index (Phi) is 4.91. The van der Waals surface area contributed by atoms with Crippen molar-refractivity contribution < 1.29 is 0 Å². The summed E-state index contributed by atoms with van der Waals surface area (Å²) in [5.41, 5.74) is 0.458. The van der Waals surface area contributed by atoms with Gasteiger partial charge in [0.15, 0.2) is 0 Å². The van der Waals surface area contributed by atoms with Gasteiger partial charge in [-0.3, -0.25) is 4.90 Å². The molecule has 1 aliphatic carbocycles. The highest BCUT2D eigenvalue weighted by molar-refractivity contribution is 4.97. The number of nitrogens with zero attached hydrogens (tertiary/aromatic N) is 1. The SMILES string of the molecule is CC1(C)CN(CCNC2CCCCC2)CC(C)(C)N1. The van der Waals surface area contributed by atoms with Gasteiger partial charge in [0.05, 0.1) is 0 Å². The van der Waals surface area contributed by atoms with Crippen molar-refractivity contribution in [3.8, 4) is 0 Å². The zero-order valence-corrected chi connectivity index (χ0v) is 13.4. The Morgan fingerprint density at radius 2 is 1.58 bits per heavy atom. The Labute approximate surface area is 119 Å². The summed E-state index contributed by atoms with van der Waals surface area (Å²) in [6.45, 7) is 13.9. The van der Waals surface area contributed by atoms with Crippen LogP contribution in [0, 0.1) is 0 Å². The maximum Gasteiger partial charge on any atom is 0.0257 e. The summed E-state index contributed by atoms with van der Waals surface area (Å²) in [4.78, 5) is 2.62. The third-order valence-corrected chi connectivity index (χ3v) is 4.38. The quantitative estimate of drug-likeness (QED) is 0.819. The summed E-state index contributed by atoms with van der Waals surface area (Å²) in [5.74, 6) is 0. The second-order valence-electron chi connectivity index (χ2n) is 7.89. The number of nitrogens with one attached hydrogen (secondary N) is 2. The molecule has 0 spiro atoms. The topological polar surface area (TPSA) is 27.3 Å². The van der Waals surface area contributed by atoms with Crippen LogP contribution < -0.4 is 10.6 Å². The monoisotopic (exact) mass is 267 g/mol. The summed E-state index contributed by atoms with van der Waals surface area (Å²) >= 11 is 0. The molecule has 1 saturated carbocycles. The molecule has 2 rings (SSSR count). The van der Waals surface area contributed by atoms with E-state index in [9.17, 15) is 0 Å². The van der Waals surface area contributed by atoms with E-state index in [1.165, 1.54) is 38.6 Å². The largest absolute Gasteiger partial charge is 0.313 e. The lowest BCUT2D eigenvalue weighted by atomic mass is 9.91. The van der Waals surface area contributed by atoms with Crippen LogP contribution >= 0.6 is 0 Å². The summed E-state index contributed by atoms with van der Waals surface area (Å²) in [7, 11) is 0. The van der Waals surface area contributed by atoms with Gasteiger partial charge >= 0.3 is 0 Å². The Hall–Kier alpha value is -0.120. The zero-order chi connectivity index (χ0) is 13.9. The van der Waals surface area contributed by atoms with Crippen molar-refractivity contribution in [2.24, 2.45) is 0 Å². The molecule has 0 radical (unpaired) electrons. The molecule has 2 N–H and O–H groups in total. The molecule has 3 nitrogen and oxygen atoms in total. The molecule has 2 fully saturated rings. The fraction of sp³-hybridized carbons (Fsp3) is 1.00. The average molecular weight is 267 g/mol. The second-order valence-corrected chi connectivity index (χ2v) is 7.89. The molecule has 0 aromatic heterocycles. The van der Waals surface area contributed by atoms with Gasteiger partial charge in [0.25, 0.3) is 0 Å². The number of hydrogen-bond donors (Lipinski definition) is 2. The van der Waals surface area contributed by atoms with Crippen molar-refractivity contribution in [2.45, 2.75) is 76.9 Å². The lowest BCUT2D eigenvalue weighted by Gasteiger charge is -2.48. The van der Waals surface area contributed by atoms with Crippen LogP contribution in [0.2, 0.25) is 0 Å². The standard InChI is InChI=1S/C16H33N3/c1-15(2)12-19(13-16(3,4)18-15)11-10-17-14-8-6-5-7-9-14/h14,17-18H,5-13H2,1-4H3. The van der Waals surface area contributed by atoms with Crippen LogP contribution in [0.4, 0.5) is 0 Å². The molecule has 19 heavy (non-hydrogen) atoms. The summed E-state index contributed by atoms with van der Waals surface area (Å²) in [6.07, 6.45) is 7.06. The van der Waals surface area contributed by atoms with Gasteiger partial charge in [-0.05, 0) is 40.5 Å². The van der Waals surface area contributed by atoms with Crippen LogP contribution in [0.25, 0.3) is 0 Å². The smallest absolute Gasteiger partial charge is 0.0257 e. The molecule has 0 atom stereocenters. The number of rotatable bonds is 4. The van der Waals surface area contributed by atoms with Crippen molar-refractivity contribution in [1.29, 1.82) is 0 Å². The van der Waals surface area contributed by atoms with Crippen LogP contribution in [-0.2, 0) is 0 Å². The molecule has 0 unspecified atom stereocenters. The van der Waals surface area contributed by atoms with Crippen LogP contribution in [-0.4, -0.2) is 48.2 Å². The Morgan fingerprint density at radius 1 is 1.00 bits per heavy atom. The molecular weight excluding hydrogens is 234 g/mol. The van der Waals surface area contributed by atoms with Gasteiger partial charge in [-0.25, -0.2) is 0 Å². The molecule has 112 valence electrons. The van der Waals surface area contributed by atoms with Crippen molar-refractivity contribution >= 4 is 0 Å². The predicted molar refractivity (Wildman–Crippen MR) is 82.6 cm³/mol. The van der Waals surface area contributed by atoms with E-state index in [0.717, 1.165) is 25.7 Å². The van der Waals surface area contributed by atoms with Gasteiger partial charge in [0.1, 0.15) is 0 Å². The molecule has 1 aliphatic heterocycles. The Bertz CT molecular complexity index is 264. The van der Waals surface area contributed by atoms with Gasteiger partial charge in [0, 0.05) is 43.3 Å². The second kappa shape index (κ2) is 6.11. The summed E-state index contributed by atoms with van der Waals surface area (Å²) in [6, 6.07) is 0.790. The Balaban J connectivity index is 1.72. The van der Waals surface area contributed by atoms with Gasteiger partial charge in [-0.15, -0.1) is 0 Å². The van der Waals surface area contributed by atoms with Crippen LogP contribution in [0.1, 0.15) is 59.8 Å². The predicted octanol–water partition coefficient (Wildman–Crippen LogP) is 2.37. The number of hydrogen-bond acceptors (Lipinski definition) is 3. The first kappa shape index (κ1) is 15.3. The molecule has 0 bridgehead atoms.